The molecule has 119 heavy (non-hydrogen) atoms. The Morgan fingerprint density at radius 2 is 0.807 bits per heavy atom. The summed E-state index contributed by atoms with van der Waals surface area (Å²) in [6, 6.07) is 18.3. The molecule has 4 fully saturated rings. The molecule has 4 heterocycles. The number of rotatable bonds is 43. The summed E-state index contributed by atoms with van der Waals surface area (Å²) in [5, 5.41) is 31.8. The maximum Gasteiger partial charge on any atom is 0.328 e. The molecule has 2 aromatic carbocycles. The van der Waals surface area contributed by atoms with Crippen molar-refractivity contribution in [3.05, 3.63) is 71.8 Å². The minimum absolute atomic E-state index is 0.000904. The standard InChI is InChI=1S/C33H55N3O5.C32H54N4O5.C16H31NO4.C5H8O3.C4H7NO3/c1-10-23(4)30(35(7)33(39)24(5)22(2)3)28(40-8)21-29(37)36-20-14-17-27(36)31(41-9)25(6)32(38)34-19-18-26-15-12-11-13-16-26;1-9-22(4)29(35(6)32(39)28(33)21(2)3)26(40-7)20-27(37)36-19-13-16-25(36)30(41-8)23(5)31(38)34-18-17-24-14-11-10-12-15-24;1-8-11(4)15(13(21-7)9-14(18)19)17(6)16(20)12(5)10(2)3;1-5(4(6)7)2-8-3-5;5-4(3(6)7)1-8-2-4/h11-13,15-16,22-25,27-28,30-31H,10,14,17-21H2,1-9H3,(H,34,38);10-12,14-15,21-23,25-26,28-30H,9,13,16-20,33H2,1-8H3,(H,34,38);10-13,15H,8-9H2,1-7H3,(H,18,19);2-3H2,1H3,(H,6,7);1-2,5H2,(H,6,7)/t23-,24-,25+,27-,28+,30-,31+;22-,23+,25-,26+,28-,29-,30+;11-,12-,13+,15-;;/m000../s1. The number of hydrogen-bond donors (Lipinski definition) is 7. The second-order valence-electron chi connectivity index (χ2n) is 34.6. The van der Waals surface area contributed by atoms with Crippen molar-refractivity contribution in [3.63, 3.8) is 0 Å². The fourth-order valence-corrected chi connectivity index (χ4v) is 15.5. The van der Waals surface area contributed by atoms with Crippen molar-refractivity contribution >= 4 is 59.3 Å². The molecule has 9 N–H and O–H groups in total. The van der Waals surface area contributed by atoms with Gasteiger partial charge in [0.1, 0.15) is 5.41 Å². The van der Waals surface area contributed by atoms with Crippen LogP contribution >= 0.6 is 0 Å². The van der Waals surface area contributed by atoms with Gasteiger partial charge < -0.3 is 95.1 Å². The molecule has 0 radical (unpaired) electrons. The van der Waals surface area contributed by atoms with E-state index >= 15 is 0 Å². The Kier molecular flexibility index (Phi) is 48.6. The molecular weight excluding hydrogens is 1530 g/mol. The number of likely N-dealkylation sites (tertiary alicyclic amines) is 2. The maximum absolute atomic E-state index is 13.8. The highest BCUT2D eigenvalue weighted by Gasteiger charge is 2.47. The molecule has 29 heteroatoms. The topological polar surface area (TPSA) is 388 Å². The highest BCUT2D eigenvalue weighted by Crippen LogP contribution is 2.34. The van der Waals surface area contributed by atoms with E-state index in [2.05, 4.69) is 56.9 Å². The number of hydrogen-bond acceptors (Lipinski definition) is 19. The number of nitrogens with zero attached hydrogens (tertiary/aromatic N) is 5. The van der Waals surface area contributed by atoms with Crippen molar-refractivity contribution < 1.29 is 96.4 Å². The van der Waals surface area contributed by atoms with Gasteiger partial charge >= 0.3 is 17.9 Å². The zero-order valence-electron chi connectivity index (χ0n) is 76.7. The second kappa shape index (κ2) is 53.6. The average Bonchev–Trinajstić information content (AvgIpc) is 1.69. The van der Waals surface area contributed by atoms with Gasteiger partial charge in [-0.2, -0.15) is 0 Å². The molecule has 4 aliphatic heterocycles. The SMILES string of the molecule is CC1(C(=O)O)COC1.CC[C@H](C)[C@@H]([C@@H](CC(=O)N1CCC[C@H]1[C@H](OC)[C@@H](C)C(=O)NCCc1ccccc1)OC)N(C)C(=O)[C@@H](C)C(C)C.CC[C@H](C)[C@@H]([C@@H](CC(=O)N1CCC[C@H]1[C@H](OC)[C@@H](C)C(=O)NCCc1ccccc1)OC)N(C)C(=O)[C@@H](N)C(C)C.CC[C@H](C)[C@@H]([C@@H](CC(=O)O)OC)N(C)C(=O)[C@@H](C)C(C)C.NC1(C(=O)O)COC1. The fourth-order valence-electron chi connectivity index (χ4n) is 15.5. The van der Waals surface area contributed by atoms with E-state index in [1.54, 1.807) is 59.3 Å². The lowest BCUT2D eigenvalue weighted by Crippen LogP contribution is -2.63. The molecule has 0 aromatic heterocycles. The van der Waals surface area contributed by atoms with Crippen LogP contribution < -0.4 is 22.1 Å². The van der Waals surface area contributed by atoms with Gasteiger partial charge in [-0.1, -0.05) is 191 Å². The summed E-state index contributed by atoms with van der Waals surface area (Å²) >= 11 is 0. The van der Waals surface area contributed by atoms with Gasteiger partial charge in [0.05, 0.1) is 124 Å². The molecule has 7 amide bonds. The van der Waals surface area contributed by atoms with Crippen LogP contribution in [0.2, 0.25) is 0 Å². The first kappa shape index (κ1) is 108. The van der Waals surface area contributed by atoms with Crippen molar-refractivity contribution in [1.29, 1.82) is 0 Å². The van der Waals surface area contributed by atoms with E-state index in [9.17, 15) is 47.9 Å². The van der Waals surface area contributed by atoms with E-state index in [1.165, 1.54) is 18.2 Å². The number of aliphatic carboxylic acids is 3. The summed E-state index contributed by atoms with van der Waals surface area (Å²) in [6.07, 6.45) is 5.22. The first-order valence-electron chi connectivity index (χ1n) is 43.0. The average molecular weight is 1680 g/mol. The number of carbonyl (C=O) groups excluding carboxylic acids is 7. The van der Waals surface area contributed by atoms with Gasteiger partial charge in [0.25, 0.3) is 0 Å². The van der Waals surface area contributed by atoms with Crippen LogP contribution in [0.4, 0.5) is 0 Å². The van der Waals surface area contributed by atoms with E-state index < -0.39 is 77.3 Å². The quantitative estimate of drug-likeness (QED) is 0.0325. The molecule has 4 saturated heterocycles. The molecule has 4 aliphatic rings. The van der Waals surface area contributed by atoms with E-state index in [4.69, 9.17) is 55.2 Å². The molecule has 6 rings (SSSR count). The molecule has 0 saturated carbocycles. The van der Waals surface area contributed by atoms with Gasteiger partial charge in [-0.15, -0.1) is 0 Å². The summed E-state index contributed by atoms with van der Waals surface area (Å²) in [6.45, 7) is 37.0. The van der Waals surface area contributed by atoms with Crippen LogP contribution in [0.1, 0.15) is 193 Å². The third-order valence-electron chi connectivity index (χ3n) is 25.0. The van der Waals surface area contributed by atoms with Gasteiger partial charge in [-0.25, -0.2) is 0 Å². The summed E-state index contributed by atoms with van der Waals surface area (Å²) in [7, 11) is 13.3. The van der Waals surface area contributed by atoms with E-state index in [0.717, 1.165) is 57.8 Å². The Morgan fingerprint density at radius 3 is 1.04 bits per heavy atom. The largest absolute Gasteiger partial charge is 0.481 e. The van der Waals surface area contributed by atoms with Gasteiger partial charge in [0, 0.05) is 94.7 Å². The number of methoxy groups -OCH3 is 5. The molecule has 0 spiro atoms. The number of carboxylic acids is 3. The molecular formula is C90H155N9O20. The summed E-state index contributed by atoms with van der Waals surface area (Å²) in [5.41, 5.74) is 12.1. The number of carboxylic acid groups (broad SMARTS) is 3. The molecule has 0 bridgehead atoms. The highest BCUT2D eigenvalue weighted by atomic mass is 16.5. The Labute approximate surface area is 711 Å². The van der Waals surface area contributed by atoms with Crippen molar-refractivity contribution in [2.24, 2.45) is 76.1 Å². The molecule has 680 valence electrons. The van der Waals surface area contributed by atoms with Crippen molar-refractivity contribution in [1.82, 2.24) is 35.1 Å². The zero-order chi connectivity index (χ0) is 90.5. The minimum Gasteiger partial charge on any atom is -0.481 e. The number of nitrogens with one attached hydrogen (secondary N) is 2. The van der Waals surface area contributed by atoms with Gasteiger partial charge in [0.15, 0.2) is 5.54 Å². The number of benzene rings is 2. The number of amides is 7. The van der Waals surface area contributed by atoms with Crippen LogP contribution in [-0.2, 0) is 93.9 Å². The molecule has 18 atom stereocenters. The lowest BCUT2D eigenvalue weighted by atomic mass is 9.88. The Bertz CT molecular complexity index is 3180. The highest BCUT2D eigenvalue weighted by molar-refractivity contribution is 5.84. The number of nitrogens with two attached hydrogens (primary N) is 2. The molecule has 29 nitrogen and oxygen atoms in total. The summed E-state index contributed by atoms with van der Waals surface area (Å²) in [5.74, 6) is -3.08. The molecule has 0 unspecified atom stereocenters. The van der Waals surface area contributed by atoms with Gasteiger partial charge in [-0.3, -0.25) is 47.9 Å². The van der Waals surface area contributed by atoms with Crippen LogP contribution in [0.25, 0.3) is 0 Å². The monoisotopic (exact) mass is 1680 g/mol. The van der Waals surface area contributed by atoms with Crippen LogP contribution in [-0.4, -0.2) is 281 Å². The lowest BCUT2D eigenvalue weighted by molar-refractivity contribution is -0.175. The van der Waals surface area contributed by atoms with Crippen LogP contribution in [0.5, 0.6) is 0 Å². The maximum atomic E-state index is 13.8. The first-order valence-corrected chi connectivity index (χ1v) is 43.0. The smallest absolute Gasteiger partial charge is 0.328 e. The second-order valence-corrected chi connectivity index (χ2v) is 34.6. The normalized spacial score (nSPS) is 19.9. The summed E-state index contributed by atoms with van der Waals surface area (Å²) < 4.78 is 38.3. The predicted octanol–water partition coefficient (Wildman–Crippen LogP) is 9.35. The van der Waals surface area contributed by atoms with Crippen LogP contribution in [0.3, 0.4) is 0 Å². The van der Waals surface area contributed by atoms with Crippen molar-refractivity contribution in [3.8, 4) is 0 Å². The Hall–Kier alpha value is -7.22. The van der Waals surface area contributed by atoms with E-state index in [-0.39, 0.29) is 151 Å². The third kappa shape index (κ3) is 32.5. The molecule has 0 aliphatic carbocycles. The van der Waals surface area contributed by atoms with Crippen LogP contribution in [0.15, 0.2) is 60.7 Å². The number of likely N-dealkylation sites (N-methyl/N-ethyl adjacent to an activating group) is 3. The Balaban J connectivity index is 0.000000570. The van der Waals surface area contributed by atoms with Gasteiger partial charge in [0.2, 0.25) is 41.4 Å². The first-order chi connectivity index (χ1) is 55.9. The number of ether oxygens (including phenoxy) is 7. The Morgan fingerprint density at radius 1 is 0.479 bits per heavy atom. The van der Waals surface area contributed by atoms with Crippen molar-refractivity contribution in [2.75, 3.05) is 109 Å². The van der Waals surface area contributed by atoms with E-state index in [1.807, 2.05) is 152 Å². The number of carbonyl (C=O) groups is 10. The predicted molar refractivity (Wildman–Crippen MR) is 460 cm³/mol. The summed E-state index contributed by atoms with van der Waals surface area (Å²) in [4.78, 5) is 133. The minimum atomic E-state index is -1.08. The van der Waals surface area contributed by atoms with Crippen LogP contribution in [0, 0.1) is 64.6 Å². The van der Waals surface area contributed by atoms with Gasteiger partial charge in [-0.05, 0) is 92.1 Å². The molecule has 2 aromatic rings. The third-order valence-corrected chi connectivity index (χ3v) is 25.0. The fraction of sp³-hybridized carbons (Fsp3) is 0.756. The van der Waals surface area contributed by atoms with Crippen molar-refractivity contribution in [2.45, 2.75) is 267 Å². The zero-order valence-corrected chi connectivity index (χ0v) is 76.7. The lowest BCUT2D eigenvalue weighted by Gasteiger charge is -2.40. The van der Waals surface area contributed by atoms with E-state index in [0.29, 0.717) is 39.4 Å².